The van der Waals surface area contributed by atoms with Gasteiger partial charge in [-0.05, 0) is 75.2 Å². The maximum Gasteiger partial charge on any atom is 0.338 e. The van der Waals surface area contributed by atoms with Crippen molar-refractivity contribution in [3.8, 4) is 0 Å². The molecule has 2 aromatic carbocycles. The first-order valence-electron chi connectivity index (χ1n) is 13.6. The molecule has 38 heavy (non-hydrogen) atoms. The summed E-state index contributed by atoms with van der Waals surface area (Å²) in [6.45, 7) is 5.80. The first-order chi connectivity index (χ1) is 18.5. The third-order valence-corrected chi connectivity index (χ3v) is 8.32. The summed E-state index contributed by atoms with van der Waals surface area (Å²) in [5, 5.41) is 0.766. The normalized spacial score (nSPS) is 22.2. The van der Waals surface area contributed by atoms with Gasteiger partial charge in [0.2, 0.25) is 0 Å². The number of esters is 1. The molecule has 2 fully saturated rings. The van der Waals surface area contributed by atoms with Crippen LogP contribution >= 0.6 is 11.6 Å². The number of aromatic nitrogens is 1. The number of piperazine rings is 1. The number of halogens is 1. The van der Waals surface area contributed by atoms with Crippen LogP contribution in [0.5, 0.6) is 0 Å². The minimum Gasteiger partial charge on any atom is -0.457 e. The Morgan fingerprint density at radius 3 is 2.39 bits per heavy atom. The van der Waals surface area contributed by atoms with Crippen molar-refractivity contribution in [1.29, 1.82) is 0 Å². The van der Waals surface area contributed by atoms with Gasteiger partial charge < -0.3 is 9.64 Å². The first kappa shape index (κ1) is 26.7. The summed E-state index contributed by atoms with van der Waals surface area (Å²) >= 11 is 6.16. The number of rotatable bonds is 7. The molecule has 0 amide bonds. The van der Waals surface area contributed by atoms with E-state index in [9.17, 15) is 4.79 Å². The van der Waals surface area contributed by atoms with Gasteiger partial charge in [-0.2, -0.15) is 0 Å². The molecular weight excluding hydrogens is 496 g/mol. The second-order valence-electron chi connectivity index (χ2n) is 10.6. The van der Waals surface area contributed by atoms with Crippen molar-refractivity contribution in [3.05, 3.63) is 95.1 Å². The second kappa shape index (κ2) is 12.3. The fourth-order valence-corrected chi connectivity index (χ4v) is 6.09. The fraction of sp³-hybridized carbons (Fsp3) is 0.419. The smallest absolute Gasteiger partial charge is 0.338 e. The summed E-state index contributed by atoms with van der Waals surface area (Å²) in [5.41, 5.74) is 1.89. The number of ether oxygens (including phenoxy) is 1. The summed E-state index contributed by atoms with van der Waals surface area (Å²) in [7, 11) is 2.16. The predicted octanol–water partition coefficient (Wildman–Crippen LogP) is 5.18. The van der Waals surface area contributed by atoms with E-state index in [1.807, 2.05) is 61.7 Å². The standard InChI is InChI=1S/C31H37ClN4O2/c1-23(38-31(37)25-8-4-3-5-9-25)29-22-36(27-15-18-35(19-16-27)30-10-6-7-17-33-30)28(21-34(29)2)20-24-11-13-26(32)14-12-24/h3-14,17,23,27-29H,15-16,18-22H2,1-2H3/t23-,28+,29-/m1/s1. The topological polar surface area (TPSA) is 48.9 Å². The van der Waals surface area contributed by atoms with E-state index in [-0.39, 0.29) is 18.1 Å². The van der Waals surface area contributed by atoms with Crippen LogP contribution in [0.15, 0.2) is 79.0 Å². The van der Waals surface area contributed by atoms with Gasteiger partial charge in [0, 0.05) is 49.5 Å². The second-order valence-corrected chi connectivity index (χ2v) is 11.0. The number of hydrogen-bond acceptors (Lipinski definition) is 6. The van der Waals surface area contributed by atoms with E-state index >= 15 is 0 Å². The van der Waals surface area contributed by atoms with Gasteiger partial charge in [0.25, 0.3) is 0 Å². The molecule has 0 radical (unpaired) electrons. The molecular formula is C31H37ClN4O2. The molecule has 200 valence electrons. The van der Waals surface area contributed by atoms with Crippen molar-refractivity contribution in [2.45, 2.75) is 50.4 Å². The van der Waals surface area contributed by atoms with Crippen molar-refractivity contribution < 1.29 is 9.53 Å². The molecule has 5 rings (SSSR count). The van der Waals surface area contributed by atoms with Crippen LogP contribution in [0.4, 0.5) is 5.82 Å². The van der Waals surface area contributed by atoms with Crippen LogP contribution in [0.3, 0.4) is 0 Å². The van der Waals surface area contributed by atoms with E-state index in [1.54, 1.807) is 0 Å². The Hall–Kier alpha value is -2.93. The third kappa shape index (κ3) is 6.37. The Kier molecular flexibility index (Phi) is 8.62. The molecule has 2 saturated heterocycles. The molecule has 3 heterocycles. The zero-order chi connectivity index (χ0) is 26.5. The highest BCUT2D eigenvalue weighted by molar-refractivity contribution is 6.30. The van der Waals surface area contributed by atoms with Crippen LogP contribution < -0.4 is 4.90 Å². The van der Waals surface area contributed by atoms with Crippen LogP contribution in [0, 0.1) is 0 Å². The molecule has 0 unspecified atom stereocenters. The molecule has 2 aliphatic heterocycles. The zero-order valence-electron chi connectivity index (χ0n) is 22.2. The van der Waals surface area contributed by atoms with Gasteiger partial charge >= 0.3 is 5.97 Å². The van der Waals surface area contributed by atoms with Crippen molar-refractivity contribution in [3.63, 3.8) is 0 Å². The van der Waals surface area contributed by atoms with Gasteiger partial charge in [0.1, 0.15) is 11.9 Å². The number of anilines is 1. The molecule has 7 heteroatoms. The van der Waals surface area contributed by atoms with Crippen LogP contribution in [-0.2, 0) is 11.2 Å². The summed E-state index contributed by atoms with van der Waals surface area (Å²) in [4.78, 5) is 24.8. The van der Waals surface area contributed by atoms with Crippen LogP contribution in [0.1, 0.15) is 35.7 Å². The van der Waals surface area contributed by atoms with Gasteiger partial charge in [-0.1, -0.05) is 48.0 Å². The Labute approximate surface area is 231 Å². The number of carbonyl (C=O) groups excluding carboxylic acids is 1. The number of pyridine rings is 1. The minimum absolute atomic E-state index is 0.123. The van der Waals surface area contributed by atoms with Gasteiger partial charge in [-0.15, -0.1) is 0 Å². The van der Waals surface area contributed by atoms with Crippen molar-refractivity contribution in [1.82, 2.24) is 14.8 Å². The molecule has 0 bridgehead atoms. The van der Waals surface area contributed by atoms with E-state index in [2.05, 4.69) is 51.0 Å². The highest BCUT2D eigenvalue weighted by atomic mass is 35.5. The molecule has 0 saturated carbocycles. The summed E-state index contributed by atoms with van der Waals surface area (Å²) in [6, 6.07) is 24.6. The minimum atomic E-state index is -0.259. The lowest BCUT2D eigenvalue weighted by Gasteiger charge is -2.51. The van der Waals surface area contributed by atoms with E-state index in [1.165, 1.54) is 5.56 Å². The molecule has 3 aromatic rings. The largest absolute Gasteiger partial charge is 0.457 e. The summed E-state index contributed by atoms with van der Waals surface area (Å²) in [5.74, 6) is 0.798. The van der Waals surface area contributed by atoms with E-state index in [0.29, 0.717) is 17.6 Å². The SMILES string of the molecule is C[C@@H](OC(=O)c1ccccc1)[C@H]1CN(C2CCN(c3ccccn3)CC2)[C@@H](Cc2ccc(Cl)cc2)CN1C. The van der Waals surface area contributed by atoms with Crippen molar-refractivity contribution in [2.75, 3.05) is 38.1 Å². The van der Waals surface area contributed by atoms with Crippen molar-refractivity contribution >= 4 is 23.4 Å². The Balaban J connectivity index is 1.30. The van der Waals surface area contributed by atoms with Gasteiger partial charge in [0.05, 0.1) is 11.6 Å². The number of piperidine rings is 1. The Bertz CT molecular complexity index is 1170. The van der Waals surface area contributed by atoms with Crippen LogP contribution in [0.2, 0.25) is 5.02 Å². The number of benzene rings is 2. The quantitative estimate of drug-likeness (QED) is 0.391. The number of carbonyl (C=O) groups is 1. The van der Waals surface area contributed by atoms with Gasteiger partial charge in [-0.25, -0.2) is 9.78 Å². The average molecular weight is 533 g/mol. The lowest BCUT2D eigenvalue weighted by molar-refractivity contribution is -0.0459. The fourth-order valence-electron chi connectivity index (χ4n) is 5.96. The molecule has 1 aromatic heterocycles. The molecule has 2 aliphatic rings. The Morgan fingerprint density at radius 2 is 1.71 bits per heavy atom. The number of nitrogens with zero attached hydrogens (tertiary/aromatic N) is 4. The van der Waals surface area contributed by atoms with Crippen LogP contribution in [-0.4, -0.2) is 78.2 Å². The van der Waals surface area contributed by atoms with E-state index in [0.717, 1.165) is 56.3 Å². The number of hydrogen-bond donors (Lipinski definition) is 0. The average Bonchev–Trinajstić information content (AvgIpc) is 2.95. The van der Waals surface area contributed by atoms with E-state index < -0.39 is 0 Å². The maximum atomic E-state index is 12.8. The monoisotopic (exact) mass is 532 g/mol. The van der Waals surface area contributed by atoms with E-state index in [4.69, 9.17) is 16.3 Å². The lowest BCUT2D eigenvalue weighted by atomic mass is 9.92. The maximum absolute atomic E-state index is 12.8. The molecule has 3 atom stereocenters. The Morgan fingerprint density at radius 1 is 1.00 bits per heavy atom. The summed E-state index contributed by atoms with van der Waals surface area (Å²) in [6.07, 6.45) is 4.78. The predicted molar refractivity (Wildman–Crippen MR) is 153 cm³/mol. The van der Waals surface area contributed by atoms with Gasteiger partial charge in [-0.3, -0.25) is 9.80 Å². The number of likely N-dealkylation sites (N-methyl/N-ethyl adjacent to an activating group) is 1. The van der Waals surface area contributed by atoms with Crippen LogP contribution in [0.25, 0.3) is 0 Å². The van der Waals surface area contributed by atoms with Gasteiger partial charge in [0.15, 0.2) is 0 Å². The lowest BCUT2D eigenvalue weighted by Crippen LogP contribution is -2.64. The molecule has 0 N–H and O–H groups in total. The zero-order valence-corrected chi connectivity index (χ0v) is 23.0. The van der Waals surface area contributed by atoms with Crippen molar-refractivity contribution in [2.24, 2.45) is 0 Å². The summed E-state index contributed by atoms with van der Waals surface area (Å²) < 4.78 is 5.99. The highest BCUT2D eigenvalue weighted by Gasteiger charge is 2.40. The first-order valence-corrected chi connectivity index (χ1v) is 14.0. The molecule has 0 spiro atoms. The molecule has 6 nitrogen and oxygen atoms in total. The highest BCUT2D eigenvalue weighted by Crippen LogP contribution is 2.29. The molecule has 0 aliphatic carbocycles. The third-order valence-electron chi connectivity index (χ3n) is 8.07.